The number of hydrogen-bond donors (Lipinski definition) is 2. The van der Waals surface area contributed by atoms with Gasteiger partial charge < -0.3 is 11.1 Å². The Hall–Kier alpha value is -5.82. The Balaban J connectivity index is 1.29. The topological polar surface area (TPSA) is 140 Å². The number of amides is 1. The van der Waals surface area contributed by atoms with Crippen LogP contribution in [-0.4, -0.2) is 35.2 Å². The number of nitrogen functional groups attached to an aromatic ring is 1. The van der Waals surface area contributed by atoms with Gasteiger partial charge in [0.1, 0.15) is 11.3 Å². The van der Waals surface area contributed by atoms with Crippen molar-refractivity contribution in [1.82, 2.24) is 34.6 Å². The standard InChI is InChI=1S/C31H23N9O/c32-18-19-4-6-20(7-5-19)31(41)37-25-11-8-21-17-22(9-10-23(21)25)40-29(24-3-1-14-34-28(24)33)36-26-12-13-27(38-30(26)40)39-16-2-15-35-39/h1-7,9-10,12-17,25H,8,11H2,(H2,33,34)(H,37,41)/t25-/m0/s1. The highest BCUT2D eigenvalue weighted by atomic mass is 16.1. The molecule has 0 aliphatic heterocycles. The number of anilines is 1. The van der Waals surface area contributed by atoms with E-state index in [1.807, 2.05) is 47.2 Å². The van der Waals surface area contributed by atoms with Crippen molar-refractivity contribution in [2.45, 2.75) is 18.9 Å². The number of fused-ring (bicyclic) bond motifs is 2. The normalized spacial score (nSPS) is 14.1. The Labute approximate surface area is 234 Å². The molecule has 6 aromatic rings. The number of nitrogens with zero attached hydrogens (tertiary/aromatic N) is 7. The lowest BCUT2D eigenvalue weighted by atomic mass is 10.1. The summed E-state index contributed by atoms with van der Waals surface area (Å²) in [5.74, 6) is 1.52. The van der Waals surface area contributed by atoms with Gasteiger partial charge in [-0.2, -0.15) is 10.4 Å². The van der Waals surface area contributed by atoms with Crippen molar-refractivity contribution < 1.29 is 4.79 Å². The van der Waals surface area contributed by atoms with E-state index < -0.39 is 0 Å². The van der Waals surface area contributed by atoms with Crippen LogP contribution < -0.4 is 11.1 Å². The van der Waals surface area contributed by atoms with Crippen molar-refractivity contribution in [1.29, 1.82) is 5.26 Å². The molecule has 3 N–H and O–H groups in total. The number of pyridine rings is 2. The third-order valence-electron chi connectivity index (χ3n) is 7.35. The number of hydrogen-bond acceptors (Lipinski definition) is 7. The van der Waals surface area contributed by atoms with Crippen LogP contribution >= 0.6 is 0 Å². The van der Waals surface area contributed by atoms with Crippen molar-refractivity contribution in [3.63, 3.8) is 0 Å². The smallest absolute Gasteiger partial charge is 0.251 e. The molecule has 10 heteroatoms. The van der Waals surface area contributed by atoms with Crippen LogP contribution in [0.2, 0.25) is 0 Å². The Morgan fingerprint density at radius 2 is 1.90 bits per heavy atom. The van der Waals surface area contributed by atoms with E-state index in [1.54, 1.807) is 41.3 Å². The first-order valence-electron chi connectivity index (χ1n) is 13.1. The monoisotopic (exact) mass is 537 g/mol. The van der Waals surface area contributed by atoms with Gasteiger partial charge in [-0.3, -0.25) is 9.36 Å². The molecule has 7 rings (SSSR count). The first-order valence-corrected chi connectivity index (χ1v) is 13.1. The molecule has 4 aromatic heterocycles. The highest BCUT2D eigenvalue weighted by Crippen LogP contribution is 2.36. The zero-order valence-corrected chi connectivity index (χ0v) is 21.8. The summed E-state index contributed by atoms with van der Waals surface area (Å²) in [6.45, 7) is 0. The molecular weight excluding hydrogens is 514 g/mol. The highest BCUT2D eigenvalue weighted by Gasteiger charge is 2.26. The second kappa shape index (κ2) is 9.73. The van der Waals surface area contributed by atoms with Gasteiger partial charge in [0, 0.05) is 29.8 Å². The number of carbonyl (C=O) groups excluding carboxylic acids is 1. The number of aryl methyl sites for hydroxylation is 1. The van der Waals surface area contributed by atoms with Crippen molar-refractivity contribution in [3.05, 3.63) is 114 Å². The van der Waals surface area contributed by atoms with E-state index in [2.05, 4.69) is 33.6 Å². The van der Waals surface area contributed by atoms with Gasteiger partial charge in [-0.1, -0.05) is 6.07 Å². The van der Waals surface area contributed by atoms with Crippen LogP contribution in [0.5, 0.6) is 0 Å². The number of benzene rings is 2. The minimum atomic E-state index is -0.165. The SMILES string of the molecule is N#Cc1ccc(C(=O)N[C@H]2CCc3cc(-n4c(-c5cccnc5N)nc5ccc(-n6cccn6)nc54)ccc32)cc1. The summed E-state index contributed by atoms with van der Waals surface area (Å²) in [5.41, 5.74) is 12.5. The van der Waals surface area contributed by atoms with Gasteiger partial charge in [0.25, 0.3) is 5.91 Å². The average Bonchev–Trinajstić information content (AvgIpc) is 3.76. The van der Waals surface area contributed by atoms with Crippen LogP contribution in [-0.2, 0) is 6.42 Å². The summed E-state index contributed by atoms with van der Waals surface area (Å²) in [6, 6.07) is 24.2. The summed E-state index contributed by atoms with van der Waals surface area (Å²) in [5, 5.41) is 16.5. The van der Waals surface area contributed by atoms with Crippen LogP contribution in [0.3, 0.4) is 0 Å². The molecule has 1 amide bonds. The second-order valence-corrected chi connectivity index (χ2v) is 9.81. The Kier molecular flexibility index (Phi) is 5.75. The molecule has 198 valence electrons. The Bertz CT molecular complexity index is 1970. The molecule has 10 nitrogen and oxygen atoms in total. The maximum Gasteiger partial charge on any atom is 0.251 e. The first-order chi connectivity index (χ1) is 20.1. The van der Waals surface area contributed by atoms with Gasteiger partial charge in [-0.05, 0) is 90.7 Å². The summed E-state index contributed by atoms with van der Waals surface area (Å²) in [4.78, 5) is 27.1. The van der Waals surface area contributed by atoms with E-state index in [1.165, 1.54) is 0 Å². The number of carbonyl (C=O) groups is 1. The lowest BCUT2D eigenvalue weighted by Gasteiger charge is -2.16. The lowest BCUT2D eigenvalue weighted by Crippen LogP contribution is -2.27. The fourth-order valence-corrected chi connectivity index (χ4v) is 5.34. The van der Waals surface area contributed by atoms with Gasteiger partial charge in [-0.15, -0.1) is 0 Å². The van der Waals surface area contributed by atoms with Crippen molar-refractivity contribution in [2.75, 3.05) is 5.73 Å². The third kappa shape index (κ3) is 4.26. The van der Waals surface area contributed by atoms with E-state index in [0.717, 1.165) is 29.7 Å². The number of nitrogens with two attached hydrogens (primary N) is 1. The molecule has 0 saturated carbocycles. The van der Waals surface area contributed by atoms with Gasteiger partial charge in [0.15, 0.2) is 17.3 Å². The predicted molar refractivity (Wildman–Crippen MR) is 153 cm³/mol. The summed E-state index contributed by atoms with van der Waals surface area (Å²) in [6.07, 6.45) is 6.81. The largest absolute Gasteiger partial charge is 0.383 e. The predicted octanol–water partition coefficient (Wildman–Crippen LogP) is 4.54. The van der Waals surface area contributed by atoms with E-state index >= 15 is 0 Å². The van der Waals surface area contributed by atoms with E-state index in [0.29, 0.717) is 45.3 Å². The fourth-order valence-electron chi connectivity index (χ4n) is 5.34. The fraction of sp³-hybridized carbons (Fsp3) is 0.0968. The highest BCUT2D eigenvalue weighted by molar-refractivity contribution is 5.94. The van der Waals surface area contributed by atoms with E-state index in [4.69, 9.17) is 21.0 Å². The molecule has 1 aliphatic carbocycles. The lowest BCUT2D eigenvalue weighted by molar-refractivity contribution is 0.0936. The molecule has 0 unspecified atom stereocenters. The van der Waals surface area contributed by atoms with Crippen LogP contribution in [0, 0.1) is 11.3 Å². The number of imidazole rings is 1. The molecular formula is C31H23N9O. The Morgan fingerprint density at radius 3 is 2.68 bits per heavy atom. The van der Waals surface area contributed by atoms with Crippen molar-refractivity contribution in [3.8, 4) is 29.0 Å². The molecule has 0 saturated heterocycles. The van der Waals surface area contributed by atoms with Gasteiger partial charge in [0.2, 0.25) is 0 Å². The third-order valence-corrected chi connectivity index (χ3v) is 7.35. The number of nitrogens with one attached hydrogen (secondary N) is 1. The van der Waals surface area contributed by atoms with E-state index in [-0.39, 0.29) is 11.9 Å². The maximum absolute atomic E-state index is 12.9. The zero-order valence-electron chi connectivity index (χ0n) is 21.8. The van der Waals surface area contributed by atoms with Crippen molar-refractivity contribution >= 4 is 22.9 Å². The molecule has 1 atom stereocenters. The summed E-state index contributed by atoms with van der Waals surface area (Å²) >= 11 is 0. The van der Waals surface area contributed by atoms with Gasteiger partial charge in [-0.25, -0.2) is 19.6 Å². The van der Waals surface area contributed by atoms with Gasteiger partial charge in [0.05, 0.1) is 23.2 Å². The maximum atomic E-state index is 12.9. The molecule has 4 heterocycles. The quantitative estimate of drug-likeness (QED) is 0.329. The van der Waals surface area contributed by atoms with Crippen molar-refractivity contribution in [2.24, 2.45) is 0 Å². The molecule has 0 spiro atoms. The summed E-state index contributed by atoms with van der Waals surface area (Å²) in [7, 11) is 0. The Morgan fingerprint density at radius 1 is 1.02 bits per heavy atom. The number of nitriles is 1. The van der Waals surface area contributed by atoms with Crippen LogP contribution in [0.25, 0.3) is 34.1 Å². The molecule has 1 aliphatic rings. The van der Waals surface area contributed by atoms with Crippen LogP contribution in [0.1, 0.15) is 39.5 Å². The van der Waals surface area contributed by atoms with E-state index in [9.17, 15) is 4.79 Å². The molecule has 2 aromatic carbocycles. The second-order valence-electron chi connectivity index (χ2n) is 9.81. The number of rotatable bonds is 5. The minimum Gasteiger partial charge on any atom is -0.383 e. The molecule has 0 fully saturated rings. The zero-order chi connectivity index (χ0) is 27.9. The van der Waals surface area contributed by atoms with Crippen LogP contribution in [0.15, 0.2) is 91.4 Å². The number of aromatic nitrogens is 6. The molecule has 0 bridgehead atoms. The molecule has 41 heavy (non-hydrogen) atoms. The minimum absolute atomic E-state index is 0.111. The summed E-state index contributed by atoms with van der Waals surface area (Å²) < 4.78 is 3.71. The first kappa shape index (κ1) is 24.2. The molecule has 0 radical (unpaired) electrons. The van der Waals surface area contributed by atoms with Gasteiger partial charge >= 0.3 is 0 Å². The average molecular weight is 538 g/mol. The van der Waals surface area contributed by atoms with Crippen LogP contribution in [0.4, 0.5) is 5.82 Å².